The lowest BCUT2D eigenvalue weighted by Crippen LogP contribution is -2.25. The Kier molecular flexibility index (Phi) is 3.73. The highest BCUT2D eigenvalue weighted by Gasteiger charge is 2.16. The smallest absolute Gasteiger partial charge is 0.210 e. The van der Waals surface area contributed by atoms with Gasteiger partial charge in [0.15, 0.2) is 0 Å². The topological polar surface area (TPSA) is 89.2 Å². The van der Waals surface area contributed by atoms with E-state index in [1.807, 2.05) is 0 Å². The first-order chi connectivity index (χ1) is 9.54. The summed E-state index contributed by atoms with van der Waals surface area (Å²) in [6.07, 6.45) is 2.00. The summed E-state index contributed by atoms with van der Waals surface area (Å²) in [7, 11) is -3.50. The summed E-state index contributed by atoms with van der Waals surface area (Å²) in [6, 6.07) is 3.04. The molecule has 0 amide bonds. The third-order valence-electron chi connectivity index (χ3n) is 2.37. The van der Waals surface area contributed by atoms with E-state index in [1.54, 1.807) is 10.6 Å². The highest BCUT2D eigenvalue weighted by Crippen LogP contribution is 2.25. The Morgan fingerprint density at radius 1 is 1.35 bits per heavy atom. The highest BCUT2D eigenvalue weighted by atomic mass is 35.5. The van der Waals surface area contributed by atoms with E-state index < -0.39 is 10.0 Å². The van der Waals surface area contributed by atoms with Crippen molar-refractivity contribution in [1.82, 2.24) is 24.5 Å². The number of rotatable bonds is 5. The van der Waals surface area contributed by atoms with Crippen LogP contribution in [0.5, 0.6) is 0 Å². The van der Waals surface area contributed by atoms with E-state index in [0.717, 1.165) is 16.3 Å². The van der Waals surface area contributed by atoms with E-state index in [2.05, 4.69) is 20.0 Å². The van der Waals surface area contributed by atoms with E-state index in [4.69, 9.17) is 11.6 Å². The number of nitrogens with one attached hydrogen (secondary N) is 1. The van der Waals surface area contributed by atoms with Crippen LogP contribution in [-0.4, -0.2) is 34.8 Å². The lowest BCUT2D eigenvalue weighted by atomic mass is 10.5. The van der Waals surface area contributed by atoms with Gasteiger partial charge in [-0.25, -0.2) is 13.1 Å². The van der Waals surface area contributed by atoms with Gasteiger partial charge in [0.2, 0.25) is 15.0 Å². The Labute approximate surface area is 127 Å². The van der Waals surface area contributed by atoms with Crippen LogP contribution in [-0.2, 0) is 16.4 Å². The number of sulfonamides is 1. The Morgan fingerprint density at radius 2 is 2.20 bits per heavy atom. The van der Waals surface area contributed by atoms with Gasteiger partial charge in [0, 0.05) is 13.0 Å². The van der Waals surface area contributed by atoms with Crippen LogP contribution in [0.1, 0.15) is 5.01 Å². The fourth-order valence-electron chi connectivity index (χ4n) is 1.51. The van der Waals surface area contributed by atoms with Gasteiger partial charge in [0.05, 0.1) is 4.34 Å². The molecule has 0 radical (unpaired) electrons. The number of thiophene rings is 1. The van der Waals surface area contributed by atoms with E-state index in [1.165, 1.54) is 23.7 Å². The first-order valence-electron chi connectivity index (χ1n) is 5.45. The molecule has 0 aliphatic heterocycles. The van der Waals surface area contributed by atoms with Crippen LogP contribution >= 0.6 is 34.3 Å². The lowest BCUT2D eigenvalue weighted by Gasteiger charge is -2.02. The first-order valence-corrected chi connectivity index (χ1v) is 8.95. The van der Waals surface area contributed by atoms with Gasteiger partial charge in [-0.2, -0.15) is 9.61 Å². The fourth-order valence-corrected chi connectivity index (χ4v) is 4.88. The summed E-state index contributed by atoms with van der Waals surface area (Å²) in [4.78, 5) is 0.688. The third-order valence-corrected chi connectivity index (χ3v) is 6.53. The summed E-state index contributed by atoms with van der Waals surface area (Å²) in [5, 5.41) is 12.6. The predicted octanol–water partition coefficient (Wildman–Crippen LogP) is 1.42. The predicted molar refractivity (Wildman–Crippen MR) is 76.9 cm³/mol. The normalized spacial score (nSPS) is 12.2. The number of hydrogen-bond acceptors (Lipinski definition) is 7. The fraction of sp³-hybridized carbons (Fsp3) is 0.222. The minimum absolute atomic E-state index is 0.209. The van der Waals surface area contributed by atoms with Crippen LogP contribution < -0.4 is 4.72 Å². The van der Waals surface area contributed by atoms with Gasteiger partial charge in [-0.1, -0.05) is 22.9 Å². The van der Waals surface area contributed by atoms with Crippen molar-refractivity contribution in [1.29, 1.82) is 0 Å². The molecule has 0 aromatic carbocycles. The van der Waals surface area contributed by atoms with Crippen molar-refractivity contribution in [2.45, 2.75) is 10.6 Å². The molecule has 3 aromatic heterocycles. The molecule has 20 heavy (non-hydrogen) atoms. The average molecular weight is 350 g/mol. The van der Waals surface area contributed by atoms with Gasteiger partial charge >= 0.3 is 0 Å². The highest BCUT2D eigenvalue weighted by molar-refractivity contribution is 7.91. The first kappa shape index (κ1) is 13.9. The molecule has 0 unspecified atom stereocenters. The summed E-state index contributed by atoms with van der Waals surface area (Å²) in [6.45, 7) is 0.266. The van der Waals surface area contributed by atoms with Crippen molar-refractivity contribution in [3.8, 4) is 0 Å². The molecule has 0 aliphatic carbocycles. The molecule has 11 heteroatoms. The van der Waals surface area contributed by atoms with Crippen LogP contribution in [0.2, 0.25) is 4.34 Å². The van der Waals surface area contributed by atoms with Gasteiger partial charge in [-0.15, -0.1) is 21.5 Å². The molecule has 1 N–H and O–H groups in total. The molecule has 0 atom stereocenters. The minimum Gasteiger partial charge on any atom is -0.210 e. The largest absolute Gasteiger partial charge is 0.250 e. The van der Waals surface area contributed by atoms with E-state index >= 15 is 0 Å². The van der Waals surface area contributed by atoms with E-state index in [0.29, 0.717) is 15.7 Å². The number of hydrogen-bond donors (Lipinski definition) is 1. The maximum atomic E-state index is 12.0. The Hall–Kier alpha value is -1.07. The van der Waals surface area contributed by atoms with Gasteiger partial charge in [-0.05, 0) is 12.1 Å². The molecule has 0 fully saturated rings. The lowest BCUT2D eigenvalue weighted by molar-refractivity contribution is 0.583. The molecule has 7 nitrogen and oxygen atoms in total. The Balaban J connectivity index is 1.63. The van der Waals surface area contributed by atoms with Crippen molar-refractivity contribution >= 4 is 49.3 Å². The molecule has 0 spiro atoms. The summed E-state index contributed by atoms with van der Waals surface area (Å²) < 4.78 is 28.6. The van der Waals surface area contributed by atoms with Gasteiger partial charge in [-0.3, -0.25) is 0 Å². The van der Waals surface area contributed by atoms with Crippen molar-refractivity contribution in [2.24, 2.45) is 0 Å². The maximum absolute atomic E-state index is 12.0. The van der Waals surface area contributed by atoms with Crippen LogP contribution in [0.4, 0.5) is 0 Å². The molecular weight excluding hydrogens is 342 g/mol. The van der Waals surface area contributed by atoms with Crippen molar-refractivity contribution in [2.75, 3.05) is 6.54 Å². The second-order valence-corrected chi connectivity index (χ2v) is 8.51. The zero-order valence-corrected chi connectivity index (χ0v) is 13.1. The molecule has 3 aromatic rings. The maximum Gasteiger partial charge on any atom is 0.250 e. The second-order valence-electron chi connectivity index (χ2n) is 3.76. The molecule has 0 saturated heterocycles. The van der Waals surface area contributed by atoms with Gasteiger partial charge in [0.25, 0.3) is 0 Å². The van der Waals surface area contributed by atoms with Crippen molar-refractivity contribution in [3.63, 3.8) is 0 Å². The molecule has 0 aliphatic rings. The molecule has 0 bridgehead atoms. The van der Waals surface area contributed by atoms with E-state index in [9.17, 15) is 8.42 Å². The number of fused-ring (bicyclic) bond motifs is 1. The quantitative estimate of drug-likeness (QED) is 0.752. The zero-order valence-electron chi connectivity index (χ0n) is 9.85. The zero-order chi connectivity index (χ0) is 14.2. The van der Waals surface area contributed by atoms with Crippen LogP contribution in [0.3, 0.4) is 0 Å². The molecule has 106 valence electrons. The standard InChI is InChI=1S/C9H8ClN5O2S3/c10-6-1-2-8(18-6)20(16,17)12-4-3-7-14-15-5-11-13-9(15)19-7/h1-2,5,12H,3-4H2. The van der Waals surface area contributed by atoms with Crippen LogP contribution in [0.15, 0.2) is 22.7 Å². The number of aromatic nitrogens is 4. The van der Waals surface area contributed by atoms with Gasteiger partial charge < -0.3 is 0 Å². The summed E-state index contributed by atoms with van der Waals surface area (Å²) >= 11 is 8.14. The Bertz CT molecular complexity index is 808. The van der Waals surface area contributed by atoms with Crippen molar-refractivity contribution in [3.05, 3.63) is 27.8 Å². The SMILES string of the molecule is O=S(=O)(NCCc1nn2cnnc2s1)c1ccc(Cl)s1. The molecule has 0 saturated carbocycles. The minimum atomic E-state index is -3.50. The monoisotopic (exact) mass is 349 g/mol. The number of halogens is 1. The van der Waals surface area contributed by atoms with Gasteiger partial charge in [0.1, 0.15) is 15.5 Å². The second kappa shape index (κ2) is 5.37. The Morgan fingerprint density at radius 3 is 2.90 bits per heavy atom. The third kappa shape index (κ3) is 2.83. The van der Waals surface area contributed by atoms with E-state index in [-0.39, 0.29) is 10.8 Å². The summed E-state index contributed by atoms with van der Waals surface area (Å²) in [5.41, 5.74) is 0. The molecular formula is C9H8ClN5O2S3. The molecule has 3 rings (SSSR count). The van der Waals surface area contributed by atoms with Crippen LogP contribution in [0.25, 0.3) is 4.96 Å². The number of nitrogens with zero attached hydrogens (tertiary/aromatic N) is 4. The molecule has 3 heterocycles. The average Bonchev–Trinajstić information content (AvgIpc) is 3.03. The van der Waals surface area contributed by atoms with Crippen LogP contribution in [0, 0.1) is 0 Å². The summed E-state index contributed by atoms with van der Waals surface area (Å²) in [5.74, 6) is 0. The van der Waals surface area contributed by atoms with Crippen molar-refractivity contribution < 1.29 is 8.42 Å².